The van der Waals surface area contributed by atoms with Crippen LogP contribution in [0.15, 0.2) is 18.5 Å². The van der Waals surface area contributed by atoms with E-state index in [1.54, 1.807) is 18.5 Å². The van der Waals surface area contributed by atoms with Gasteiger partial charge in [-0.15, -0.1) is 0 Å². The van der Waals surface area contributed by atoms with Crippen molar-refractivity contribution in [1.82, 2.24) is 4.98 Å². The summed E-state index contributed by atoms with van der Waals surface area (Å²) in [6, 6.07) is 1.79. The van der Waals surface area contributed by atoms with Crippen molar-refractivity contribution in [2.24, 2.45) is 5.92 Å². The van der Waals surface area contributed by atoms with Gasteiger partial charge in [-0.25, -0.2) is 0 Å². The molecule has 0 atom stereocenters. The lowest BCUT2D eigenvalue weighted by atomic mass is 10.2. The minimum atomic E-state index is 0.615. The lowest BCUT2D eigenvalue weighted by molar-refractivity contribution is 0.689. The fourth-order valence-electron chi connectivity index (χ4n) is 0.867. The van der Waals surface area contributed by atoms with Crippen LogP contribution in [-0.2, 0) is 0 Å². The lowest BCUT2D eigenvalue weighted by Gasteiger charge is -2.09. The molecular formula is C9H15N3. The highest BCUT2D eigenvalue weighted by Gasteiger charge is 1.97. The maximum Gasteiger partial charge on any atom is 0.0760 e. The van der Waals surface area contributed by atoms with Crippen LogP contribution in [0.5, 0.6) is 0 Å². The van der Waals surface area contributed by atoms with Crippen molar-refractivity contribution in [3.63, 3.8) is 0 Å². The molecule has 1 heterocycles. The maximum absolute atomic E-state index is 5.70. The van der Waals surface area contributed by atoms with Gasteiger partial charge in [-0.1, -0.05) is 13.8 Å². The van der Waals surface area contributed by atoms with Gasteiger partial charge < -0.3 is 11.1 Å². The van der Waals surface area contributed by atoms with Crippen molar-refractivity contribution in [2.45, 2.75) is 13.8 Å². The second-order valence-corrected chi connectivity index (χ2v) is 3.24. The number of aromatic nitrogens is 1. The Labute approximate surface area is 73.0 Å². The predicted molar refractivity (Wildman–Crippen MR) is 52.0 cm³/mol. The van der Waals surface area contributed by atoms with E-state index in [1.807, 2.05) is 0 Å². The molecule has 0 aliphatic carbocycles. The average molecular weight is 165 g/mol. The number of pyridine rings is 1. The van der Waals surface area contributed by atoms with Crippen LogP contribution in [-0.4, -0.2) is 11.5 Å². The second-order valence-electron chi connectivity index (χ2n) is 3.24. The van der Waals surface area contributed by atoms with Crippen molar-refractivity contribution in [1.29, 1.82) is 0 Å². The van der Waals surface area contributed by atoms with Gasteiger partial charge in [0.25, 0.3) is 0 Å². The van der Waals surface area contributed by atoms with Crippen molar-refractivity contribution in [3.05, 3.63) is 18.5 Å². The number of anilines is 2. The Morgan fingerprint density at radius 1 is 1.58 bits per heavy atom. The van der Waals surface area contributed by atoms with E-state index in [0.717, 1.165) is 17.9 Å². The fraction of sp³-hybridized carbons (Fsp3) is 0.444. The molecule has 1 aromatic rings. The largest absolute Gasteiger partial charge is 0.397 e. The fourth-order valence-corrected chi connectivity index (χ4v) is 0.867. The number of nitrogens with zero attached hydrogens (tertiary/aromatic N) is 1. The third kappa shape index (κ3) is 2.42. The first-order chi connectivity index (χ1) is 5.70. The second kappa shape index (κ2) is 3.95. The molecule has 1 rings (SSSR count). The summed E-state index contributed by atoms with van der Waals surface area (Å²) in [4.78, 5) is 3.98. The normalized spacial score (nSPS) is 10.2. The van der Waals surface area contributed by atoms with Gasteiger partial charge in [0, 0.05) is 12.7 Å². The van der Waals surface area contributed by atoms with E-state index in [1.165, 1.54) is 0 Å². The van der Waals surface area contributed by atoms with Gasteiger partial charge in [-0.05, 0) is 12.0 Å². The molecule has 0 radical (unpaired) electrons. The zero-order valence-electron chi connectivity index (χ0n) is 7.54. The molecule has 66 valence electrons. The summed E-state index contributed by atoms with van der Waals surface area (Å²) in [5.41, 5.74) is 7.38. The first-order valence-corrected chi connectivity index (χ1v) is 4.13. The van der Waals surface area contributed by atoms with Gasteiger partial charge in [0.05, 0.1) is 17.6 Å². The van der Waals surface area contributed by atoms with E-state index >= 15 is 0 Å². The standard InChI is InChI=1S/C9H15N3/c1-7(2)5-12-9-6-11-4-3-8(9)10/h3-4,6-7,12H,5H2,1-2H3,(H2,10,11). The van der Waals surface area contributed by atoms with Gasteiger partial charge >= 0.3 is 0 Å². The van der Waals surface area contributed by atoms with Crippen LogP contribution in [0.4, 0.5) is 11.4 Å². The van der Waals surface area contributed by atoms with Gasteiger partial charge in [0.15, 0.2) is 0 Å². The molecule has 3 nitrogen and oxygen atoms in total. The molecule has 0 aliphatic heterocycles. The number of nitrogens with two attached hydrogens (primary N) is 1. The van der Waals surface area contributed by atoms with E-state index in [-0.39, 0.29) is 0 Å². The summed E-state index contributed by atoms with van der Waals surface area (Å²) in [5.74, 6) is 0.615. The van der Waals surface area contributed by atoms with E-state index in [2.05, 4.69) is 24.1 Å². The van der Waals surface area contributed by atoms with Gasteiger partial charge in [0.2, 0.25) is 0 Å². The Balaban J connectivity index is 2.57. The van der Waals surface area contributed by atoms with E-state index in [0.29, 0.717) is 5.92 Å². The molecule has 0 spiro atoms. The average Bonchev–Trinajstić information content (AvgIpc) is 2.03. The quantitative estimate of drug-likeness (QED) is 0.717. The van der Waals surface area contributed by atoms with Crippen molar-refractivity contribution >= 4 is 11.4 Å². The molecule has 1 aromatic heterocycles. The highest BCUT2D eigenvalue weighted by atomic mass is 14.9. The number of nitrogens with one attached hydrogen (secondary N) is 1. The lowest BCUT2D eigenvalue weighted by Crippen LogP contribution is -2.09. The third-order valence-electron chi connectivity index (χ3n) is 1.56. The highest BCUT2D eigenvalue weighted by Crippen LogP contribution is 2.14. The molecule has 0 saturated carbocycles. The number of rotatable bonds is 3. The third-order valence-corrected chi connectivity index (χ3v) is 1.56. The number of hydrogen-bond acceptors (Lipinski definition) is 3. The zero-order valence-corrected chi connectivity index (χ0v) is 7.54. The molecule has 0 saturated heterocycles. The first-order valence-electron chi connectivity index (χ1n) is 4.13. The molecule has 0 bridgehead atoms. The summed E-state index contributed by atoms with van der Waals surface area (Å²) in [5, 5.41) is 3.22. The molecular weight excluding hydrogens is 150 g/mol. The van der Waals surface area contributed by atoms with E-state index in [9.17, 15) is 0 Å². The Hall–Kier alpha value is -1.25. The van der Waals surface area contributed by atoms with Crippen molar-refractivity contribution in [2.75, 3.05) is 17.6 Å². The zero-order chi connectivity index (χ0) is 8.97. The summed E-state index contributed by atoms with van der Waals surface area (Å²) in [6.45, 7) is 5.23. The molecule has 0 aliphatic rings. The van der Waals surface area contributed by atoms with Gasteiger partial charge in [0.1, 0.15) is 0 Å². The van der Waals surface area contributed by atoms with Crippen LogP contribution in [0.25, 0.3) is 0 Å². The molecule has 12 heavy (non-hydrogen) atoms. The highest BCUT2D eigenvalue weighted by molar-refractivity contribution is 5.63. The minimum absolute atomic E-state index is 0.615. The topological polar surface area (TPSA) is 50.9 Å². The molecule has 0 unspecified atom stereocenters. The Bertz CT molecular complexity index is 245. The summed E-state index contributed by atoms with van der Waals surface area (Å²) >= 11 is 0. The van der Waals surface area contributed by atoms with Crippen LogP contribution in [0.1, 0.15) is 13.8 Å². The summed E-state index contributed by atoms with van der Waals surface area (Å²) in [6.07, 6.45) is 3.44. The van der Waals surface area contributed by atoms with E-state index < -0.39 is 0 Å². The minimum Gasteiger partial charge on any atom is -0.397 e. The molecule has 0 aromatic carbocycles. The van der Waals surface area contributed by atoms with Crippen LogP contribution in [0.3, 0.4) is 0 Å². The molecule has 3 heteroatoms. The molecule has 3 N–H and O–H groups in total. The van der Waals surface area contributed by atoms with Gasteiger partial charge in [-0.2, -0.15) is 0 Å². The Morgan fingerprint density at radius 2 is 2.33 bits per heavy atom. The van der Waals surface area contributed by atoms with Gasteiger partial charge in [-0.3, -0.25) is 4.98 Å². The van der Waals surface area contributed by atoms with Crippen molar-refractivity contribution < 1.29 is 0 Å². The first kappa shape index (κ1) is 8.84. The van der Waals surface area contributed by atoms with Crippen LogP contribution >= 0.6 is 0 Å². The number of hydrogen-bond donors (Lipinski definition) is 2. The SMILES string of the molecule is CC(C)CNc1cnccc1N. The van der Waals surface area contributed by atoms with Crippen LogP contribution < -0.4 is 11.1 Å². The monoisotopic (exact) mass is 165 g/mol. The number of nitrogen functional groups attached to an aromatic ring is 1. The smallest absolute Gasteiger partial charge is 0.0760 e. The van der Waals surface area contributed by atoms with Crippen molar-refractivity contribution in [3.8, 4) is 0 Å². The van der Waals surface area contributed by atoms with E-state index in [4.69, 9.17) is 5.73 Å². The maximum atomic E-state index is 5.70. The van der Waals surface area contributed by atoms with Crippen LogP contribution in [0, 0.1) is 5.92 Å². The Kier molecular flexibility index (Phi) is 2.91. The molecule has 0 fully saturated rings. The predicted octanol–water partition coefficient (Wildman–Crippen LogP) is 1.73. The Morgan fingerprint density at radius 3 is 2.92 bits per heavy atom. The summed E-state index contributed by atoms with van der Waals surface area (Å²) < 4.78 is 0. The molecule has 0 amide bonds. The van der Waals surface area contributed by atoms with Crippen LogP contribution in [0.2, 0.25) is 0 Å². The summed E-state index contributed by atoms with van der Waals surface area (Å²) in [7, 11) is 0.